The van der Waals surface area contributed by atoms with Gasteiger partial charge in [-0.2, -0.15) is 0 Å². The van der Waals surface area contributed by atoms with Crippen molar-refractivity contribution in [2.45, 2.75) is 26.2 Å². The number of nitrogens with one attached hydrogen (secondary N) is 1. The number of methoxy groups -OCH3 is 1. The second-order valence-corrected chi connectivity index (χ2v) is 5.46. The number of anilines is 1. The quantitative estimate of drug-likeness (QED) is 0.683. The molecule has 102 valence electrons. The van der Waals surface area contributed by atoms with Crippen LogP contribution in [0.3, 0.4) is 0 Å². The minimum absolute atomic E-state index is 0.00482. The van der Waals surface area contributed by atoms with Gasteiger partial charge in [-0.1, -0.05) is 12.2 Å². The van der Waals surface area contributed by atoms with E-state index in [0.717, 1.165) is 24.8 Å². The average Bonchev–Trinajstić information content (AvgIpc) is 2.80. The number of aryl methyl sites for hydroxylation is 1. The SMILES string of the molecule is COC(=O)c1scc(C)c1NC(=O)C1CC=CCC1. The Hall–Kier alpha value is -1.62. The van der Waals surface area contributed by atoms with E-state index in [1.54, 1.807) is 0 Å². The molecule has 1 aromatic heterocycles. The molecule has 1 N–H and O–H groups in total. The molecule has 0 saturated heterocycles. The van der Waals surface area contributed by atoms with Gasteiger partial charge in [-0.05, 0) is 37.1 Å². The lowest BCUT2D eigenvalue weighted by molar-refractivity contribution is -0.120. The van der Waals surface area contributed by atoms with Gasteiger partial charge in [-0.3, -0.25) is 4.79 Å². The topological polar surface area (TPSA) is 55.4 Å². The number of carbonyl (C=O) groups excluding carboxylic acids is 2. The maximum absolute atomic E-state index is 12.2. The first-order valence-electron chi connectivity index (χ1n) is 6.25. The second kappa shape index (κ2) is 6.02. The van der Waals surface area contributed by atoms with Gasteiger partial charge in [0.05, 0.1) is 12.8 Å². The maximum atomic E-state index is 12.2. The number of amides is 1. The van der Waals surface area contributed by atoms with Crippen LogP contribution in [-0.2, 0) is 9.53 Å². The minimum Gasteiger partial charge on any atom is -0.465 e. The van der Waals surface area contributed by atoms with Crippen LogP contribution in [0.1, 0.15) is 34.5 Å². The molecule has 1 aliphatic carbocycles. The summed E-state index contributed by atoms with van der Waals surface area (Å²) in [7, 11) is 1.34. The molecular formula is C14H17NO3S. The van der Waals surface area contributed by atoms with Crippen molar-refractivity contribution in [3.8, 4) is 0 Å². The number of rotatable bonds is 3. The second-order valence-electron chi connectivity index (χ2n) is 4.59. The normalized spacial score (nSPS) is 18.1. The van der Waals surface area contributed by atoms with Gasteiger partial charge in [-0.15, -0.1) is 11.3 Å². The zero-order chi connectivity index (χ0) is 13.8. The van der Waals surface area contributed by atoms with Crippen LogP contribution in [-0.4, -0.2) is 19.0 Å². The van der Waals surface area contributed by atoms with Gasteiger partial charge in [0.15, 0.2) is 0 Å². The van der Waals surface area contributed by atoms with Crippen LogP contribution in [0.2, 0.25) is 0 Å². The van der Waals surface area contributed by atoms with Crippen molar-refractivity contribution in [3.63, 3.8) is 0 Å². The number of esters is 1. The minimum atomic E-state index is -0.406. The van der Waals surface area contributed by atoms with Crippen molar-refractivity contribution >= 4 is 28.9 Å². The van der Waals surface area contributed by atoms with E-state index in [1.807, 2.05) is 18.4 Å². The highest BCUT2D eigenvalue weighted by Gasteiger charge is 2.23. The number of ether oxygens (including phenoxy) is 1. The molecule has 0 bridgehead atoms. The molecule has 1 heterocycles. The highest BCUT2D eigenvalue weighted by molar-refractivity contribution is 7.12. The molecule has 2 rings (SSSR count). The molecule has 1 aromatic rings. The van der Waals surface area contributed by atoms with E-state index in [0.29, 0.717) is 10.6 Å². The van der Waals surface area contributed by atoms with Crippen molar-refractivity contribution in [1.82, 2.24) is 0 Å². The Morgan fingerprint density at radius 3 is 2.84 bits per heavy atom. The van der Waals surface area contributed by atoms with E-state index in [1.165, 1.54) is 18.4 Å². The van der Waals surface area contributed by atoms with Crippen LogP contribution in [0.15, 0.2) is 17.5 Å². The lowest BCUT2D eigenvalue weighted by Crippen LogP contribution is -2.24. The van der Waals surface area contributed by atoms with Gasteiger partial charge >= 0.3 is 5.97 Å². The predicted molar refractivity (Wildman–Crippen MR) is 75.5 cm³/mol. The molecule has 1 unspecified atom stereocenters. The Balaban J connectivity index is 2.14. The zero-order valence-electron chi connectivity index (χ0n) is 11.1. The number of carbonyl (C=O) groups is 2. The smallest absolute Gasteiger partial charge is 0.350 e. The summed E-state index contributed by atoms with van der Waals surface area (Å²) >= 11 is 1.29. The molecule has 0 aromatic carbocycles. The third-order valence-electron chi connectivity index (χ3n) is 3.23. The van der Waals surface area contributed by atoms with E-state index < -0.39 is 5.97 Å². The van der Waals surface area contributed by atoms with Crippen molar-refractivity contribution in [3.05, 3.63) is 28.0 Å². The zero-order valence-corrected chi connectivity index (χ0v) is 11.9. The van der Waals surface area contributed by atoms with Crippen molar-refractivity contribution < 1.29 is 14.3 Å². The highest BCUT2D eigenvalue weighted by Crippen LogP contribution is 2.29. The van der Waals surface area contributed by atoms with Gasteiger partial charge < -0.3 is 10.1 Å². The fraction of sp³-hybridized carbons (Fsp3) is 0.429. The summed E-state index contributed by atoms with van der Waals surface area (Å²) in [5.41, 5.74) is 1.49. The van der Waals surface area contributed by atoms with Crippen LogP contribution in [0.25, 0.3) is 0 Å². The van der Waals surface area contributed by atoms with Crippen LogP contribution >= 0.6 is 11.3 Å². The van der Waals surface area contributed by atoms with Gasteiger partial charge in [0.2, 0.25) is 5.91 Å². The molecule has 19 heavy (non-hydrogen) atoms. The summed E-state index contributed by atoms with van der Waals surface area (Å²) < 4.78 is 4.73. The first-order valence-corrected chi connectivity index (χ1v) is 7.13. The summed E-state index contributed by atoms with van der Waals surface area (Å²) in [6.07, 6.45) is 6.70. The lowest BCUT2D eigenvalue weighted by atomic mass is 9.93. The fourth-order valence-corrected chi connectivity index (χ4v) is 3.02. The standard InChI is InChI=1S/C14H17NO3S/c1-9-8-19-12(14(17)18-2)11(9)15-13(16)10-6-4-3-5-7-10/h3-4,8,10H,5-7H2,1-2H3,(H,15,16). The molecule has 1 aliphatic rings. The lowest BCUT2D eigenvalue weighted by Gasteiger charge is -2.17. The van der Waals surface area contributed by atoms with Crippen LogP contribution in [0.4, 0.5) is 5.69 Å². The van der Waals surface area contributed by atoms with Gasteiger partial charge in [0.1, 0.15) is 4.88 Å². The molecule has 0 aliphatic heterocycles. The number of hydrogen-bond acceptors (Lipinski definition) is 4. The summed E-state index contributed by atoms with van der Waals surface area (Å²) in [6.45, 7) is 1.87. The van der Waals surface area contributed by atoms with Crippen molar-refractivity contribution in [2.75, 3.05) is 12.4 Å². The van der Waals surface area contributed by atoms with Crippen LogP contribution in [0, 0.1) is 12.8 Å². The Morgan fingerprint density at radius 1 is 1.42 bits per heavy atom. The van der Waals surface area contributed by atoms with Gasteiger partial charge in [0.25, 0.3) is 0 Å². The molecule has 1 amide bonds. The fourth-order valence-electron chi connectivity index (χ4n) is 2.10. The maximum Gasteiger partial charge on any atom is 0.350 e. The number of thiophene rings is 1. The third kappa shape index (κ3) is 3.04. The first kappa shape index (κ1) is 13.8. The predicted octanol–water partition coefficient (Wildman–Crippen LogP) is 3.14. The summed E-state index contributed by atoms with van der Waals surface area (Å²) in [5, 5.41) is 4.73. The number of allylic oxidation sites excluding steroid dienone is 2. The van der Waals surface area contributed by atoms with Gasteiger partial charge in [0, 0.05) is 5.92 Å². The monoisotopic (exact) mass is 279 g/mol. The number of hydrogen-bond donors (Lipinski definition) is 1. The van der Waals surface area contributed by atoms with Crippen molar-refractivity contribution in [2.24, 2.45) is 5.92 Å². The molecule has 4 nitrogen and oxygen atoms in total. The van der Waals surface area contributed by atoms with Crippen molar-refractivity contribution in [1.29, 1.82) is 0 Å². The van der Waals surface area contributed by atoms with E-state index in [-0.39, 0.29) is 11.8 Å². The van der Waals surface area contributed by atoms with Crippen LogP contribution in [0.5, 0.6) is 0 Å². The molecule has 5 heteroatoms. The van der Waals surface area contributed by atoms with E-state index in [9.17, 15) is 9.59 Å². The Labute approximate surface area is 116 Å². The molecule has 0 spiro atoms. The Kier molecular flexibility index (Phi) is 4.37. The third-order valence-corrected chi connectivity index (χ3v) is 4.31. The summed E-state index contributed by atoms with van der Waals surface area (Å²) in [6, 6.07) is 0. The molecule has 0 fully saturated rings. The van der Waals surface area contributed by atoms with Gasteiger partial charge in [-0.25, -0.2) is 4.79 Å². The average molecular weight is 279 g/mol. The summed E-state index contributed by atoms with van der Waals surface area (Å²) in [4.78, 5) is 24.3. The molecule has 0 saturated carbocycles. The molecule has 1 atom stereocenters. The van der Waals surface area contributed by atoms with Crippen LogP contribution < -0.4 is 5.32 Å². The largest absolute Gasteiger partial charge is 0.465 e. The molecule has 0 radical (unpaired) electrons. The summed E-state index contributed by atoms with van der Waals surface area (Å²) in [5.74, 6) is -0.428. The first-order chi connectivity index (χ1) is 9.13. The highest BCUT2D eigenvalue weighted by atomic mass is 32.1. The van der Waals surface area contributed by atoms with E-state index >= 15 is 0 Å². The van der Waals surface area contributed by atoms with E-state index in [4.69, 9.17) is 4.74 Å². The Morgan fingerprint density at radius 2 is 2.21 bits per heavy atom. The van der Waals surface area contributed by atoms with E-state index in [2.05, 4.69) is 11.4 Å². The Bertz CT molecular complexity index is 519. The molecular weight excluding hydrogens is 262 g/mol.